The van der Waals surface area contributed by atoms with Gasteiger partial charge in [0.25, 0.3) is 0 Å². The summed E-state index contributed by atoms with van der Waals surface area (Å²) in [6.45, 7) is 0. The zero-order chi connectivity index (χ0) is 17.1. The molecule has 2 aromatic carbocycles. The largest absolute Gasteiger partial charge is 0.377 e. The van der Waals surface area contributed by atoms with Crippen LogP contribution in [0.15, 0.2) is 42.5 Å². The molecular formula is C18H18FN3O2. The first kappa shape index (κ1) is 16.1. The first-order valence-electron chi connectivity index (χ1n) is 7.63. The zero-order valence-corrected chi connectivity index (χ0v) is 13.3. The molecule has 0 fully saturated rings. The highest BCUT2D eigenvalue weighted by Crippen LogP contribution is 2.30. The third-order valence-corrected chi connectivity index (χ3v) is 4.01. The number of nitrogens with zero attached hydrogens (tertiary/aromatic N) is 1. The van der Waals surface area contributed by atoms with Crippen molar-refractivity contribution in [2.24, 2.45) is 5.73 Å². The number of carbonyl (C=O) groups excluding carboxylic acids is 1. The van der Waals surface area contributed by atoms with Crippen LogP contribution in [0.25, 0.3) is 22.2 Å². The molecule has 0 aliphatic rings. The van der Waals surface area contributed by atoms with E-state index in [9.17, 15) is 9.18 Å². The van der Waals surface area contributed by atoms with Crippen molar-refractivity contribution in [3.63, 3.8) is 0 Å². The lowest BCUT2D eigenvalue weighted by Crippen LogP contribution is -2.13. The maximum Gasteiger partial charge on any atom is 0.217 e. The number of aromatic amines is 1. The average Bonchev–Trinajstić information content (AvgIpc) is 2.99. The molecule has 1 unspecified atom stereocenters. The Morgan fingerprint density at radius 3 is 2.71 bits per heavy atom. The predicted octanol–water partition coefficient (Wildman–Crippen LogP) is 3.32. The van der Waals surface area contributed by atoms with E-state index < -0.39 is 0 Å². The molecule has 6 heteroatoms. The number of nitrogens with one attached hydrogen (secondary N) is 1. The van der Waals surface area contributed by atoms with Crippen molar-refractivity contribution in [3.05, 3.63) is 53.8 Å². The van der Waals surface area contributed by atoms with Crippen LogP contribution in [-0.4, -0.2) is 23.2 Å². The molecule has 0 bridgehead atoms. The van der Waals surface area contributed by atoms with Gasteiger partial charge < -0.3 is 10.5 Å². The van der Waals surface area contributed by atoms with Crippen molar-refractivity contribution in [1.29, 1.82) is 0 Å². The van der Waals surface area contributed by atoms with Crippen LogP contribution in [0.3, 0.4) is 0 Å². The summed E-state index contributed by atoms with van der Waals surface area (Å²) in [5.74, 6) is -0.640. The number of carbonyl (C=O) groups is 1. The van der Waals surface area contributed by atoms with E-state index >= 15 is 0 Å². The number of hydrogen-bond donors (Lipinski definition) is 2. The number of nitrogens with two attached hydrogens (primary N) is 1. The third-order valence-electron chi connectivity index (χ3n) is 4.01. The number of methoxy groups -OCH3 is 1. The van der Waals surface area contributed by atoms with Crippen LogP contribution in [0.4, 0.5) is 4.39 Å². The molecule has 3 N–H and O–H groups in total. The summed E-state index contributed by atoms with van der Waals surface area (Å²) in [5, 5.41) is 8.23. The van der Waals surface area contributed by atoms with E-state index in [0.717, 1.165) is 27.7 Å². The minimum atomic E-state index is -0.353. The molecular weight excluding hydrogens is 309 g/mol. The van der Waals surface area contributed by atoms with Crippen LogP contribution in [0.5, 0.6) is 0 Å². The molecule has 0 saturated carbocycles. The number of halogens is 1. The molecule has 0 radical (unpaired) electrons. The minimum Gasteiger partial charge on any atom is -0.377 e. The Labute approximate surface area is 138 Å². The number of H-pyrrole nitrogens is 1. The average molecular weight is 327 g/mol. The molecule has 3 rings (SSSR count). The van der Waals surface area contributed by atoms with Crippen LogP contribution in [0.1, 0.15) is 24.5 Å². The van der Waals surface area contributed by atoms with Gasteiger partial charge >= 0.3 is 0 Å². The number of benzene rings is 2. The Morgan fingerprint density at radius 1 is 1.29 bits per heavy atom. The van der Waals surface area contributed by atoms with Crippen LogP contribution in [0, 0.1) is 5.82 Å². The van der Waals surface area contributed by atoms with Gasteiger partial charge in [0.05, 0.1) is 17.3 Å². The smallest absolute Gasteiger partial charge is 0.217 e. The molecule has 0 spiro atoms. The monoisotopic (exact) mass is 327 g/mol. The summed E-state index contributed by atoms with van der Waals surface area (Å²) in [6.07, 6.45) is 0.547. The molecule has 0 aliphatic heterocycles. The Balaban J connectivity index is 1.98. The molecule has 124 valence electrons. The Bertz CT molecular complexity index is 858. The number of ether oxygens (including phenoxy) is 1. The normalized spacial score (nSPS) is 12.4. The van der Waals surface area contributed by atoms with Gasteiger partial charge in [0, 0.05) is 24.5 Å². The van der Waals surface area contributed by atoms with E-state index in [1.807, 2.05) is 18.2 Å². The lowest BCUT2D eigenvalue weighted by Gasteiger charge is -2.15. The van der Waals surface area contributed by atoms with Crippen LogP contribution in [-0.2, 0) is 9.53 Å². The van der Waals surface area contributed by atoms with Gasteiger partial charge in [0.15, 0.2) is 0 Å². The van der Waals surface area contributed by atoms with E-state index in [4.69, 9.17) is 10.5 Å². The van der Waals surface area contributed by atoms with Gasteiger partial charge in [-0.2, -0.15) is 5.10 Å². The molecule has 3 aromatic rings. The standard InChI is InChI=1S/C18H18FN3O2/c1-24-16(8-9-17(20)23)12-4-7-15-14(10-12)18(22-21-15)11-2-5-13(19)6-3-11/h2-7,10,16H,8-9H2,1H3,(H2,20,23)(H,21,22). The lowest BCUT2D eigenvalue weighted by atomic mass is 10.0. The zero-order valence-electron chi connectivity index (χ0n) is 13.3. The lowest BCUT2D eigenvalue weighted by molar-refractivity contribution is -0.118. The molecule has 1 aromatic heterocycles. The number of aromatic nitrogens is 2. The number of fused-ring (bicyclic) bond motifs is 1. The predicted molar refractivity (Wildman–Crippen MR) is 89.7 cm³/mol. The molecule has 1 atom stereocenters. The fourth-order valence-corrected chi connectivity index (χ4v) is 2.75. The number of primary amides is 1. The van der Waals surface area contributed by atoms with Gasteiger partial charge in [0.2, 0.25) is 5.91 Å². The first-order valence-corrected chi connectivity index (χ1v) is 7.63. The summed E-state index contributed by atoms with van der Waals surface area (Å²) >= 11 is 0. The summed E-state index contributed by atoms with van der Waals surface area (Å²) in [7, 11) is 1.60. The third kappa shape index (κ3) is 3.28. The molecule has 1 heterocycles. The van der Waals surface area contributed by atoms with Gasteiger partial charge in [0.1, 0.15) is 5.82 Å². The van der Waals surface area contributed by atoms with Gasteiger partial charge in [-0.05, 0) is 48.4 Å². The van der Waals surface area contributed by atoms with Crippen molar-refractivity contribution < 1.29 is 13.9 Å². The fourth-order valence-electron chi connectivity index (χ4n) is 2.75. The second-order valence-electron chi connectivity index (χ2n) is 5.61. The first-order chi connectivity index (χ1) is 11.6. The van der Waals surface area contributed by atoms with Crippen LogP contribution in [0.2, 0.25) is 0 Å². The van der Waals surface area contributed by atoms with Crippen LogP contribution >= 0.6 is 0 Å². The number of rotatable bonds is 6. The van der Waals surface area contributed by atoms with E-state index in [-0.39, 0.29) is 24.2 Å². The summed E-state index contributed by atoms with van der Waals surface area (Å²) in [5.41, 5.74) is 8.61. The maximum absolute atomic E-state index is 13.1. The fraction of sp³-hybridized carbons (Fsp3) is 0.222. The second kappa shape index (κ2) is 6.80. The van der Waals surface area contributed by atoms with Crippen LogP contribution < -0.4 is 5.73 Å². The van der Waals surface area contributed by atoms with E-state index in [1.54, 1.807) is 19.2 Å². The molecule has 5 nitrogen and oxygen atoms in total. The Kier molecular flexibility index (Phi) is 4.57. The minimum absolute atomic E-state index is 0.224. The van der Waals surface area contributed by atoms with E-state index in [1.165, 1.54) is 12.1 Å². The SMILES string of the molecule is COC(CCC(N)=O)c1ccc2[nH]nc(-c3ccc(F)cc3)c2c1. The second-order valence-corrected chi connectivity index (χ2v) is 5.61. The highest BCUT2D eigenvalue weighted by Gasteiger charge is 2.15. The molecule has 0 saturated heterocycles. The van der Waals surface area contributed by atoms with Crippen molar-refractivity contribution in [2.75, 3.05) is 7.11 Å². The highest BCUT2D eigenvalue weighted by atomic mass is 19.1. The summed E-state index contributed by atoms with van der Waals surface area (Å²) in [4.78, 5) is 11.0. The molecule has 0 aliphatic carbocycles. The highest BCUT2D eigenvalue weighted by molar-refractivity contribution is 5.93. The van der Waals surface area contributed by atoms with Crippen molar-refractivity contribution in [3.8, 4) is 11.3 Å². The van der Waals surface area contributed by atoms with Gasteiger partial charge in [-0.1, -0.05) is 6.07 Å². The van der Waals surface area contributed by atoms with Crippen molar-refractivity contribution in [1.82, 2.24) is 10.2 Å². The summed E-state index contributed by atoms with van der Waals surface area (Å²) < 4.78 is 18.6. The molecule has 1 amide bonds. The van der Waals surface area contributed by atoms with E-state index in [2.05, 4.69) is 10.2 Å². The van der Waals surface area contributed by atoms with Crippen molar-refractivity contribution >= 4 is 16.8 Å². The van der Waals surface area contributed by atoms with Gasteiger partial charge in [-0.3, -0.25) is 9.89 Å². The number of amides is 1. The summed E-state index contributed by atoms with van der Waals surface area (Å²) in [6, 6.07) is 12.0. The Hall–Kier alpha value is -2.73. The topological polar surface area (TPSA) is 81.0 Å². The van der Waals surface area contributed by atoms with Crippen molar-refractivity contribution in [2.45, 2.75) is 18.9 Å². The molecule has 24 heavy (non-hydrogen) atoms. The van der Waals surface area contributed by atoms with E-state index in [0.29, 0.717) is 6.42 Å². The van der Waals surface area contributed by atoms with Gasteiger partial charge in [-0.15, -0.1) is 0 Å². The number of hydrogen-bond acceptors (Lipinski definition) is 3. The Morgan fingerprint density at radius 2 is 2.04 bits per heavy atom. The van der Waals surface area contributed by atoms with Gasteiger partial charge in [-0.25, -0.2) is 4.39 Å². The maximum atomic E-state index is 13.1. The quantitative estimate of drug-likeness (QED) is 0.729.